The third kappa shape index (κ3) is 9.27. The average Bonchev–Trinajstić information content (AvgIpc) is 1.85. The van der Waals surface area contributed by atoms with Crippen molar-refractivity contribution in [2.75, 3.05) is 19.8 Å². The lowest BCUT2D eigenvalue weighted by Gasteiger charge is -2.05. The largest absolute Gasteiger partial charge is 0.522 e. The summed E-state index contributed by atoms with van der Waals surface area (Å²) < 4.78 is 41.6. The van der Waals surface area contributed by atoms with Crippen molar-refractivity contribution in [3.63, 3.8) is 0 Å². The predicted molar refractivity (Wildman–Crippen MR) is 31.7 cm³/mol. The monoisotopic (exact) mass is 168 g/mol. The highest BCUT2D eigenvalue weighted by atomic mass is 19.4. The second-order valence-electron chi connectivity index (χ2n) is 1.55. The average molecular weight is 168 g/mol. The molecule has 64 valence electrons. The molecule has 0 aromatic heterocycles. The fourth-order valence-corrected chi connectivity index (χ4v) is 0.347. The lowest BCUT2D eigenvalue weighted by molar-refractivity contribution is -0.326. The van der Waals surface area contributed by atoms with E-state index in [0.717, 1.165) is 0 Å². The maximum absolute atomic E-state index is 11.2. The van der Waals surface area contributed by atoms with Gasteiger partial charge in [-0.3, -0.25) is 4.74 Å². The number of alkyl halides is 3. The van der Waals surface area contributed by atoms with Crippen molar-refractivity contribution in [1.29, 1.82) is 0 Å². The molecule has 0 aliphatic rings. The fourth-order valence-electron chi connectivity index (χ4n) is 0.347. The van der Waals surface area contributed by atoms with Crippen LogP contribution in [-0.2, 0) is 9.47 Å². The second kappa shape index (κ2) is 4.99. The zero-order valence-corrected chi connectivity index (χ0v) is 5.65. The van der Waals surface area contributed by atoms with Crippen LogP contribution in [0.25, 0.3) is 0 Å². The van der Waals surface area contributed by atoms with Crippen molar-refractivity contribution >= 4 is 0 Å². The highest BCUT2D eigenvalue weighted by molar-refractivity contribution is 4.82. The van der Waals surface area contributed by atoms with Crippen LogP contribution in [0.3, 0.4) is 0 Å². The normalized spacial score (nSPS) is 11.1. The molecule has 0 radical (unpaired) electrons. The zero-order chi connectivity index (χ0) is 8.74. The van der Waals surface area contributed by atoms with Gasteiger partial charge in [0.05, 0.1) is 13.2 Å². The molecule has 0 fully saturated rings. The zero-order valence-electron chi connectivity index (χ0n) is 5.65. The molecule has 2 nitrogen and oxygen atoms in total. The van der Waals surface area contributed by atoms with Crippen molar-refractivity contribution in [3.8, 4) is 12.3 Å². The van der Waals surface area contributed by atoms with Crippen molar-refractivity contribution in [3.05, 3.63) is 0 Å². The van der Waals surface area contributed by atoms with Crippen LogP contribution in [0, 0.1) is 12.3 Å². The molecule has 0 aromatic rings. The Hall–Kier alpha value is -0.730. The van der Waals surface area contributed by atoms with Gasteiger partial charge in [0.15, 0.2) is 0 Å². The lowest BCUT2D eigenvalue weighted by Crippen LogP contribution is -2.17. The maximum atomic E-state index is 11.2. The second-order valence-corrected chi connectivity index (χ2v) is 1.55. The molecule has 0 amide bonds. The van der Waals surface area contributed by atoms with Crippen LogP contribution in [0.5, 0.6) is 0 Å². The molecule has 0 aliphatic carbocycles. The number of rotatable bonds is 4. The molecule has 0 bridgehead atoms. The molecule has 0 rings (SSSR count). The summed E-state index contributed by atoms with van der Waals surface area (Å²) in [7, 11) is 0. The van der Waals surface area contributed by atoms with E-state index in [9.17, 15) is 13.2 Å². The molecule has 0 atom stereocenters. The number of hydrogen-bond donors (Lipinski definition) is 0. The van der Waals surface area contributed by atoms with E-state index < -0.39 is 13.0 Å². The molecular weight excluding hydrogens is 161 g/mol. The van der Waals surface area contributed by atoms with E-state index in [1.807, 2.05) is 0 Å². The fraction of sp³-hybridized carbons (Fsp3) is 0.667. The van der Waals surface area contributed by atoms with Crippen LogP contribution in [-0.4, -0.2) is 26.2 Å². The first-order chi connectivity index (χ1) is 5.06. The van der Waals surface area contributed by atoms with Crippen molar-refractivity contribution in [1.82, 2.24) is 0 Å². The van der Waals surface area contributed by atoms with Gasteiger partial charge >= 0.3 is 6.36 Å². The van der Waals surface area contributed by atoms with Gasteiger partial charge in [-0.2, -0.15) is 0 Å². The smallest absolute Gasteiger partial charge is 0.366 e. The third-order valence-corrected chi connectivity index (χ3v) is 0.679. The number of halogens is 3. The molecule has 5 heteroatoms. The van der Waals surface area contributed by atoms with Gasteiger partial charge < -0.3 is 4.74 Å². The summed E-state index contributed by atoms with van der Waals surface area (Å²) in [5.74, 6) is 2.11. The van der Waals surface area contributed by atoms with Crippen molar-refractivity contribution in [2.45, 2.75) is 6.36 Å². The Labute approximate surface area is 62.3 Å². The van der Waals surface area contributed by atoms with E-state index in [1.165, 1.54) is 0 Å². The van der Waals surface area contributed by atoms with Gasteiger partial charge in [0, 0.05) is 0 Å². The summed E-state index contributed by atoms with van der Waals surface area (Å²) in [6.45, 7) is -0.671. The minimum atomic E-state index is -4.58. The van der Waals surface area contributed by atoms with E-state index in [0.29, 0.717) is 0 Å². The molecule has 0 spiro atoms. The van der Waals surface area contributed by atoms with Crippen LogP contribution >= 0.6 is 0 Å². The minimum Gasteiger partial charge on any atom is -0.366 e. The van der Waals surface area contributed by atoms with E-state index in [4.69, 9.17) is 6.42 Å². The first kappa shape index (κ1) is 10.3. The van der Waals surface area contributed by atoms with Crippen LogP contribution < -0.4 is 0 Å². The van der Waals surface area contributed by atoms with Crippen LogP contribution in [0.4, 0.5) is 13.2 Å². The van der Waals surface area contributed by atoms with Crippen molar-refractivity contribution in [2.24, 2.45) is 0 Å². The Bertz CT molecular complexity index is 136. The Kier molecular flexibility index (Phi) is 4.66. The molecule has 0 aliphatic heterocycles. The van der Waals surface area contributed by atoms with Crippen molar-refractivity contribution < 1.29 is 22.6 Å². The molecule has 0 N–H and O–H groups in total. The minimum absolute atomic E-state index is 0.00121. The van der Waals surface area contributed by atoms with Gasteiger partial charge in [0.2, 0.25) is 0 Å². The van der Waals surface area contributed by atoms with E-state index >= 15 is 0 Å². The molecule has 0 saturated heterocycles. The van der Waals surface area contributed by atoms with Crippen LogP contribution in [0.15, 0.2) is 0 Å². The quantitative estimate of drug-likeness (QED) is 0.463. The Balaban J connectivity index is 3.10. The number of terminal acetylenes is 1. The summed E-state index contributed by atoms with van der Waals surface area (Å²) in [5.41, 5.74) is 0. The molecule has 0 saturated carbocycles. The summed E-state index contributed by atoms with van der Waals surface area (Å²) in [6.07, 6.45) is 0.175. The van der Waals surface area contributed by atoms with Gasteiger partial charge in [-0.05, 0) is 0 Å². The van der Waals surface area contributed by atoms with Gasteiger partial charge in [-0.25, -0.2) is 0 Å². The summed E-state index contributed by atoms with van der Waals surface area (Å²) in [5, 5.41) is 0. The standard InChI is InChI=1S/C6H7F3O2/c1-2-3-10-4-5-11-6(7,8)9/h1H,3-5H2. The van der Waals surface area contributed by atoms with Crippen LogP contribution in [0.2, 0.25) is 0 Å². The van der Waals surface area contributed by atoms with Crippen LogP contribution in [0.1, 0.15) is 0 Å². The highest BCUT2D eigenvalue weighted by Gasteiger charge is 2.28. The van der Waals surface area contributed by atoms with Gasteiger partial charge in [0.25, 0.3) is 0 Å². The summed E-state index contributed by atoms with van der Waals surface area (Å²) in [6, 6.07) is 0. The van der Waals surface area contributed by atoms with Gasteiger partial charge in [-0.1, -0.05) is 5.92 Å². The maximum Gasteiger partial charge on any atom is 0.522 e. The predicted octanol–water partition coefficient (Wildman–Crippen LogP) is 1.17. The Morgan fingerprint density at radius 1 is 1.27 bits per heavy atom. The highest BCUT2D eigenvalue weighted by Crippen LogP contribution is 2.15. The third-order valence-electron chi connectivity index (χ3n) is 0.679. The van der Waals surface area contributed by atoms with E-state index in [-0.39, 0.29) is 13.2 Å². The van der Waals surface area contributed by atoms with Gasteiger partial charge in [-0.15, -0.1) is 19.6 Å². The number of hydrogen-bond acceptors (Lipinski definition) is 2. The molecule has 11 heavy (non-hydrogen) atoms. The SMILES string of the molecule is C#CCOCCOC(F)(F)F. The Morgan fingerprint density at radius 3 is 2.36 bits per heavy atom. The summed E-state index contributed by atoms with van der Waals surface area (Å²) >= 11 is 0. The van der Waals surface area contributed by atoms with E-state index in [1.54, 1.807) is 0 Å². The van der Waals surface area contributed by atoms with E-state index in [2.05, 4.69) is 15.4 Å². The molecule has 0 unspecified atom stereocenters. The van der Waals surface area contributed by atoms with Gasteiger partial charge in [0.1, 0.15) is 6.61 Å². The lowest BCUT2D eigenvalue weighted by atomic mass is 10.7. The number of ether oxygens (including phenoxy) is 2. The molecule has 0 heterocycles. The first-order valence-electron chi connectivity index (χ1n) is 2.78. The molecular formula is C6H7F3O2. The Morgan fingerprint density at radius 2 is 1.91 bits per heavy atom. The topological polar surface area (TPSA) is 18.5 Å². The molecule has 0 aromatic carbocycles. The first-order valence-corrected chi connectivity index (χ1v) is 2.78. The summed E-state index contributed by atoms with van der Waals surface area (Å²) in [4.78, 5) is 0.